The standard InChI is InChI=1S/C9H11FN2O4/c1-16-8-3-5(12(14)15)2-6(9(8)13)7(11)4-10/h2-3,7,13H,4,11H2,1H3/t7-/m0/s1. The van der Waals surface area contributed by atoms with Crippen LogP contribution in [0.2, 0.25) is 0 Å². The molecule has 1 aromatic rings. The second-order valence-corrected chi connectivity index (χ2v) is 3.10. The topological polar surface area (TPSA) is 98.6 Å². The lowest BCUT2D eigenvalue weighted by Gasteiger charge is -2.12. The fourth-order valence-corrected chi connectivity index (χ4v) is 1.24. The summed E-state index contributed by atoms with van der Waals surface area (Å²) in [5, 5.41) is 20.2. The number of hydrogen-bond donors (Lipinski definition) is 2. The Labute approximate surface area is 90.6 Å². The number of ether oxygens (including phenoxy) is 1. The van der Waals surface area contributed by atoms with Gasteiger partial charge in [-0.2, -0.15) is 0 Å². The number of nitrogens with zero attached hydrogens (tertiary/aromatic N) is 1. The van der Waals surface area contributed by atoms with Crippen LogP contribution in [0.1, 0.15) is 11.6 Å². The molecule has 88 valence electrons. The van der Waals surface area contributed by atoms with Gasteiger partial charge < -0.3 is 15.6 Å². The summed E-state index contributed by atoms with van der Waals surface area (Å²) >= 11 is 0. The van der Waals surface area contributed by atoms with Crippen molar-refractivity contribution in [2.24, 2.45) is 5.73 Å². The number of hydrogen-bond acceptors (Lipinski definition) is 5. The Morgan fingerprint density at radius 1 is 1.69 bits per heavy atom. The largest absolute Gasteiger partial charge is 0.504 e. The summed E-state index contributed by atoms with van der Waals surface area (Å²) in [6, 6.07) is 0.958. The third-order valence-corrected chi connectivity index (χ3v) is 2.09. The normalized spacial score (nSPS) is 12.2. The van der Waals surface area contributed by atoms with Crippen LogP contribution in [0.5, 0.6) is 11.5 Å². The number of phenolic OH excluding ortho intramolecular Hbond substituents is 1. The van der Waals surface area contributed by atoms with Crippen molar-refractivity contribution in [3.8, 4) is 11.5 Å². The lowest BCUT2D eigenvalue weighted by molar-refractivity contribution is -0.385. The van der Waals surface area contributed by atoms with Gasteiger partial charge in [0.1, 0.15) is 6.67 Å². The monoisotopic (exact) mass is 230 g/mol. The number of aromatic hydroxyl groups is 1. The average Bonchev–Trinajstić information content (AvgIpc) is 2.28. The van der Waals surface area contributed by atoms with Crippen LogP contribution in [0.4, 0.5) is 10.1 Å². The number of benzene rings is 1. The maximum atomic E-state index is 12.4. The lowest BCUT2D eigenvalue weighted by Crippen LogP contribution is -2.13. The van der Waals surface area contributed by atoms with Crippen LogP contribution in [0.15, 0.2) is 12.1 Å². The molecule has 0 aliphatic heterocycles. The van der Waals surface area contributed by atoms with Crippen LogP contribution in [-0.2, 0) is 0 Å². The first kappa shape index (κ1) is 12.2. The first-order valence-corrected chi connectivity index (χ1v) is 4.38. The number of nitro groups is 1. The highest BCUT2D eigenvalue weighted by Gasteiger charge is 2.20. The van der Waals surface area contributed by atoms with Crippen molar-refractivity contribution in [2.45, 2.75) is 6.04 Å². The van der Waals surface area contributed by atoms with Gasteiger partial charge in [0.15, 0.2) is 11.5 Å². The van der Waals surface area contributed by atoms with E-state index >= 15 is 0 Å². The van der Waals surface area contributed by atoms with Crippen molar-refractivity contribution in [2.75, 3.05) is 13.8 Å². The number of halogens is 1. The van der Waals surface area contributed by atoms with Crippen molar-refractivity contribution in [1.29, 1.82) is 0 Å². The van der Waals surface area contributed by atoms with Crippen LogP contribution < -0.4 is 10.5 Å². The van der Waals surface area contributed by atoms with Crippen molar-refractivity contribution < 1.29 is 19.2 Å². The fourth-order valence-electron chi connectivity index (χ4n) is 1.24. The van der Waals surface area contributed by atoms with E-state index in [0.717, 1.165) is 12.1 Å². The molecule has 3 N–H and O–H groups in total. The molecule has 0 aliphatic carbocycles. The zero-order chi connectivity index (χ0) is 12.3. The predicted octanol–water partition coefficient (Wildman–Crippen LogP) is 1.28. The van der Waals surface area contributed by atoms with Crippen LogP contribution in [0, 0.1) is 10.1 Å². The highest BCUT2D eigenvalue weighted by Crippen LogP contribution is 2.37. The molecular weight excluding hydrogens is 219 g/mol. The van der Waals surface area contributed by atoms with Crippen LogP contribution in [0.3, 0.4) is 0 Å². The molecule has 0 radical (unpaired) electrons. The molecule has 16 heavy (non-hydrogen) atoms. The van der Waals surface area contributed by atoms with E-state index in [-0.39, 0.29) is 22.7 Å². The summed E-state index contributed by atoms with van der Waals surface area (Å²) in [6.07, 6.45) is 0. The summed E-state index contributed by atoms with van der Waals surface area (Å²) in [7, 11) is 1.24. The summed E-state index contributed by atoms with van der Waals surface area (Å²) in [4.78, 5) is 9.91. The Balaban J connectivity index is 3.35. The molecule has 0 spiro atoms. The molecular formula is C9H11FN2O4. The van der Waals surface area contributed by atoms with Crippen molar-refractivity contribution in [3.63, 3.8) is 0 Å². The minimum Gasteiger partial charge on any atom is -0.504 e. The van der Waals surface area contributed by atoms with Gasteiger partial charge in [0.2, 0.25) is 0 Å². The van der Waals surface area contributed by atoms with Crippen molar-refractivity contribution in [1.82, 2.24) is 0 Å². The molecule has 0 aliphatic rings. The van der Waals surface area contributed by atoms with Crippen LogP contribution >= 0.6 is 0 Å². The molecule has 7 heteroatoms. The number of nitrogens with two attached hydrogens (primary N) is 1. The van der Waals surface area contributed by atoms with Gasteiger partial charge >= 0.3 is 0 Å². The SMILES string of the molecule is COc1cc([N+](=O)[O-])cc([C@@H](N)CF)c1O. The quantitative estimate of drug-likeness (QED) is 0.599. The highest BCUT2D eigenvalue weighted by molar-refractivity contribution is 5.54. The molecule has 1 atom stereocenters. The van der Waals surface area contributed by atoms with E-state index in [0.29, 0.717) is 0 Å². The summed E-state index contributed by atoms with van der Waals surface area (Å²) in [6.45, 7) is -0.933. The number of alkyl halides is 1. The molecule has 6 nitrogen and oxygen atoms in total. The zero-order valence-corrected chi connectivity index (χ0v) is 8.51. The third kappa shape index (κ3) is 2.19. The van der Waals surface area contributed by atoms with Gasteiger partial charge in [-0.1, -0.05) is 0 Å². The van der Waals surface area contributed by atoms with Gasteiger partial charge in [0.25, 0.3) is 5.69 Å². The van der Waals surface area contributed by atoms with Crippen LogP contribution in [0.25, 0.3) is 0 Å². The van der Waals surface area contributed by atoms with Crippen molar-refractivity contribution >= 4 is 5.69 Å². The molecule has 0 saturated heterocycles. The van der Waals surface area contributed by atoms with E-state index in [1.807, 2.05) is 0 Å². The molecule has 0 fully saturated rings. The number of rotatable bonds is 4. The molecule has 1 rings (SSSR count). The summed E-state index contributed by atoms with van der Waals surface area (Å²) in [5.41, 5.74) is 5.02. The minimum absolute atomic E-state index is 0.0476. The maximum absolute atomic E-state index is 12.4. The van der Waals surface area contributed by atoms with Gasteiger partial charge in [-0.3, -0.25) is 10.1 Å². The van der Waals surface area contributed by atoms with Gasteiger partial charge in [-0.25, -0.2) is 4.39 Å². The molecule has 0 amide bonds. The van der Waals surface area contributed by atoms with E-state index < -0.39 is 17.6 Å². The smallest absolute Gasteiger partial charge is 0.273 e. The number of phenols is 1. The van der Waals surface area contributed by atoms with E-state index in [1.165, 1.54) is 7.11 Å². The van der Waals surface area contributed by atoms with E-state index in [4.69, 9.17) is 10.5 Å². The molecule has 0 saturated carbocycles. The molecule has 0 unspecified atom stereocenters. The lowest BCUT2D eigenvalue weighted by atomic mass is 10.1. The zero-order valence-electron chi connectivity index (χ0n) is 8.51. The summed E-state index contributed by atoms with van der Waals surface area (Å²) in [5.74, 6) is -0.480. The minimum atomic E-state index is -1.12. The average molecular weight is 230 g/mol. The predicted molar refractivity (Wildman–Crippen MR) is 54.2 cm³/mol. The number of nitro benzene ring substituents is 1. The van der Waals surface area contributed by atoms with Crippen molar-refractivity contribution in [3.05, 3.63) is 27.8 Å². The Morgan fingerprint density at radius 2 is 2.31 bits per heavy atom. The van der Waals surface area contributed by atoms with Crippen LogP contribution in [-0.4, -0.2) is 23.8 Å². The number of non-ortho nitro benzene ring substituents is 1. The van der Waals surface area contributed by atoms with E-state index in [1.54, 1.807) is 0 Å². The number of methoxy groups -OCH3 is 1. The Hall–Kier alpha value is -1.89. The van der Waals surface area contributed by atoms with Gasteiger partial charge in [-0.15, -0.1) is 0 Å². The third-order valence-electron chi connectivity index (χ3n) is 2.09. The van der Waals surface area contributed by atoms with Gasteiger partial charge in [0.05, 0.1) is 24.1 Å². The Kier molecular flexibility index (Phi) is 3.62. The second-order valence-electron chi connectivity index (χ2n) is 3.10. The summed E-state index contributed by atoms with van der Waals surface area (Å²) < 4.78 is 17.1. The Bertz CT molecular complexity index is 411. The highest BCUT2D eigenvalue weighted by atomic mass is 19.1. The molecule has 0 aromatic heterocycles. The maximum Gasteiger partial charge on any atom is 0.273 e. The van der Waals surface area contributed by atoms with Gasteiger partial charge in [-0.05, 0) is 0 Å². The molecule has 0 heterocycles. The first-order chi connectivity index (χ1) is 7.51. The van der Waals surface area contributed by atoms with E-state index in [9.17, 15) is 19.6 Å². The second kappa shape index (κ2) is 4.75. The molecule has 1 aromatic carbocycles. The van der Waals surface area contributed by atoms with Gasteiger partial charge in [0, 0.05) is 11.6 Å². The fraction of sp³-hybridized carbons (Fsp3) is 0.333. The first-order valence-electron chi connectivity index (χ1n) is 4.38. The van der Waals surface area contributed by atoms with E-state index in [2.05, 4.69) is 0 Å². The molecule has 0 bridgehead atoms. The Morgan fingerprint density at radius 3 is 2.75 bits per heavy atom.